The van der Waals surface area contributed by atoms with E-state index in [1.54, 1.807) is 19.4 Å². The molecule has 1 fully saturated rings. The third-order valence-electron chi connectivity index (χ3n) is 4.68. The van der Waals surface area contributed by atoms with Crippen molar-refractivity contribution in [3.63, 3.8) is 0 Å². The molecule has 2 heterocycles. The first-order chi connectivity index (χ1) is 12.7. The lowest BCUT2D eigenvalue weighted by molar-refractivity contribution is 0.124. The molecule has 3 rings (SSSR count). The third kappa shape index (κ3) is 4.79. The number of piperidine rings is 1. The van der Waals surface area contributed by atoms with Crippen molar-refractivity contribution in [1.29, 1.82) is 0 Å². The number of nitrogens with zero attached hydrogens (tertiary/aromatic N) is 1. The molecule has 0 aliphatic carbocycles. The van der Waals surface area contributed by atoms with Gasteiger partial charge in [0.1, 0.15) is 11.5 Å². The molecular formula is C20H26N2O4. The minimum absolute atomic E-state index is 0.0869. The van der Waals surface area contributed by atoms with E-state index in [1.165, 1.54) is 7.11 Å². The van der Waals surface area contributed by atoms with Crippen molar-refractivity contribution in [3.05, 3.63) is 52.4 Å². The molecule has 0 spiro atoms. The van der Waals surface area contributed by atoms with E-state index >= 15 is 0 Å². The van der Waals surface area contributed by atoms with Gasteiger partial charge < -0.3 is 19.2 Å². The predicted molar refractivity (Wildman–Crippen MR) is 100 cm³/mol. The number of hydrogen-bond donors (Lipinski definition) is 1. The molecule has 0 unspecified atom stereocenters. The molecule has 1 N–H and O–H groups in total. The van der Waals surface area contributed by atoms with Gasteiger partial charge in [-0.2, -0.15) is 0 Å². The molecule has 140 valence electrons. The summed E-state index contributed by atoms with van der Waals surface area (Å²) in [4.78, 5) is 17.4. The second-order valence-electron chi connectivity index (χ2n) is 6.62. The lowest BCUT2D eigenvalue weighted by Crippen LogP contribution is -2.37. The number of methoxy groups -OCH3 is 2. The lowest BCUT2D eigenvalue weighted by atomic mass is 9.99. The van der Waals surface area contributed by atoms with Gasteiger partial charge in [-0.25, -0.2) is 0 Å². The Morgan fingerprint density at radius 3 is 2.81 bits per heavy atom. The van der Waals surface area contributed by atoms with Gasteiger partial charge >= 0.3 is 0 Å². The highest BCUT2D eigenvalue weighted by Gasteiger charge is 2.21. The first-order valence-electron chi connectivity index (χ1n) is 8.92. The molecule has 6 heteroatoms. The number of aromatic amines is 1. The molecule has 0 amide bonds. The van der Waals surface area contributed by atoms with E-state index in [-0.39, 0.29) is 5.43 Å². The maximum atomic E-state index is 11.9. The van der Waals surface area contributed by atoms with Crippen LogP contribution in [0, 0.1) is 5.92 Å². The summed E-state index contributed by atoms with van der Waals surface area (Å²) in [7, 11) is 3.16. The van der Waals surface area contributed by atoms with E-state index in [2.05, 4.69) is 9.88 Å². The smallest absolute Gasteiger partial charge is 0.223 e. The van der Waals surface area contributed by atoms with Crippen LogP contribution in [0.1, 0.15) is 18.5 Å². The summed E-state index contributed by atoms with van der Waals surface area (Å²) in [5.74, 6) is 2.45. The van der Waals surface area contributed by atoms with Crippen molar-refractivity contribution in [2.45, 2.75) is 19.4 Å². The number of pyridine rings is 1. The molecule has 6 nitrogen and oxygen atoms in total. The molecule has 0 bridgehead atoms. The SMILES string of the molecule is COc1cccc(OC[C@H]2CCCN(Cc3cc(=O)c(OC)c[nH]3)C2)c1. The fourth-order valence-electron chi connectivity index (χ4n) is 3.33. The number of H-pyrrole nitrogens is 1. The van der Waals surface area contributed by atoms with Crippen LogP contribution in [0.2, 0.25) is 0 Å². The fraction of sp³-hybridized carbons (Fsp3) is 0.450. The number of likely N-dealkylation sites (tertiary alicyclic amines) is 1. The number of rotatable bonds is 7. The van der Waals surface area contributed by atoms with Crippen molar-refractivity contribution in [2.24, 2.45) is 5.92 Å². The van der Waals surface area contributed by atoms with Crippen LogP contribution in [0.15, 0.2) is 41.3 Å². The molecular weight excluding hydrogens is 332 g/mol. The number of hydrogen-bond acceptors (Lipinski definition) is 5. The van der Waals surface area contributed by atoms with Crippen LogP contribution in [0.5, 0.6) is 17.2 Å². The van der Waals surface area contributed by atoms with Crippen LogP contribution in [0.3, 0.4) is 0 Å². The number of ether oxygens (including phenoxy) is 3. The lowest BCUT2D eigenvalue weighted by Gasteiger charge is -2.32. The second kappa shape index (κ2) is 8.76. The zero-order valence-electron chi connectivity index (χ0n) is 15.4. The maximum Gasteiger partial charge on any atom is 0.223 e. The van der Waals surface area contributed by atoms with Gasteiger partial charge in [0, 0.05) is 43.0 Å². The van der Waals surface area contributed by atoms with Crippen LogP contribution >= 0.6 is 0 Å². The van der Waals surface area contributed by atoms with Gasteiger partial charge in [-0.3, -0.25) is 9.69 Å². The van der Waals surface area contributed by atoms with E-state index in [9.17, 15) is 4.79 Å². The minimum Gasteiger partial charge on any atom is -0.497 e. The standard InChI is InChI=1S/C20H26N2O4/c1-24-17-6-3-7-18(10-17)26-14-15-5-4-8-22(12-15)13-16-9-19(23)20(25-2)11-21-16/h3,6-7,9-11,15H,4-5,8,12-14H2,1-2H3,(H,21,23)/t15-/m0/s1. The summed E-state index contributed by atoms with van der Waals surface area (Å²) in [5.41, 5.74) is 0.821. The van der Waals surface area contributed by atoms with Crippen LogP contribution in [0.25, 0.3) is 0 Å². The predicted octanol–water partition coefficient (Wildman–Crippen LogP) is 2.68. The zero-order valence-corrected chi connectivity index (χ0v) is 15.4. The highest BCUT2D eigenvalue weighted by Crippen LogP contribution is 2.22. The summed E-state index contributed by atoms with van der Waals surface area (Å²) >= 11 is 0. The third-order valence-corrected chi connectivity index (χ3v) is 4.68. The molecule has 1 aromatic carbocycles. The normalized spacial score (nSPS) is 17.7. The molecule has 1 aromatic heterocycles. The monoisotopic (exact) mass is 358 g/mol. The molecule has 1 aliphatic rings. The summed E-state index contributed by atoms with van der Waals surface area (Å²) < 4.78 is 16.2. The average molecular weight is 358 g/mol. The van der Waals surface area contributed by atoms with Gasteiger partial charge in [0.25, 0.3) is 0 Å². The van der Waals surface area contributed by atoms with Gasteiger partial charge in [-0.1, -0.05) is 6.07 Å². The fourth-order valence-corrected chi connectivity index (χ4v) is 3.33. The van der Waals surface area contributed by atoms with Crippen LogP contribution in [-0.4, -0.2) is 43.8 Å². The molecule has 0 radical (unpaired) electrons. The van der Waals surface area contributed by atoms with Crippen molar-refractivity contribution in [1.82, 2.24) is 9.88 Å². The summed E-state index contributed by atoms with van der Waals surface area (Å²) in [6.07, 6.45) is 3.91. The Balaban J connectivity index is 1.53. The molecule has 1 aliphatic heterocycles. The molecule has 26 heavy (non-hydrogen) atoms. The van der Waals surface area contributed by atoms with E-state index in [1.807, 2.05) is 24.3 Å². The Morgan fingerprint density at radius 2 is 2.04 bits per heavy atom. The summed E-state index contributed by atoms with van der Waals surface area (Å²) in [6, 6.07) is 9.31. The Hall–Kier alpha value is -2.47. The molecule has 1 saturated heterocycles. The highest BCUT2D eigenvalue weighted by molar-refractivity contribution is 5.32. The van der Waals surface area contributed by atoms with Gasteiger partial charge in [0.05, 0.1) is 20.8 Å². The van der Waals surface area contributed by atoms with Gasteiger partial charge in [0.15, 0.2) is 5.75 Å². The van der Waals surface area contributed by atoms with Crippen molar-refractivity contribution < 1.29 is 14.2 Å². The van der Waals surface area contributed by atoms with E-state index in [4.69, 9.17) is 14.2 Å². The van der Waals surface area contributed by atoms with E-state index in [0.717, 1.165) is 49.7 Å². The largest absolute Gasteiger partial charge is 0.497 e. The average Bonchev–Trinajstić information content (AvgIpc) is 2.67. The Morgan fingerprint density at radius 1 is 1.19 bits per heavy atom. The second-order valence-corrected chi connectivity index (χ2v) is 6.62. The molecule has 2 aromatic rings. The van der Waals surface area contributed by atoms with Gasteiger partial charge in [0.2, 0.25) is 5.43 Å². The van der Waals surface area contributed by atoms with Gasteiger partial charge in [-0.15, -0.1) is 0 Å². The maximum absolute atomic E-state index is 11.9. The molecule has 1 atom stereocenters. The zero-order chi connectivity index (χ0) is 18.4. The summed E-state index contributed by atoms with van der Waals surface area (Å²) in [6.45, 7) is 3.40. The van der Waals surface area contributed by atoms with E-state index in [0.29, 0.717) is 18.3 Å². The van der Waals surface area contributed by atoms with Crippen molar-refractivity contribution in [2.75, 3.05) is 33.9 Å². The van der Waals surface area contributed by atoms with E-state index < -0.39 is 0 Å². The van der Waals surface area contributed by atoms with Gasteiger partial charge in [-0.05, 0) is 31.5 Å². The molecule has 0 saturated carbocycles. The van der Waals surface area contributed by atoms with Crippen LogP contribution in [-0.2, 0) is 6.54 Å². The first kappa shape index (κ1) is 18.3. The van der Waals surface area contributed by atoms with Crippen LogP contribution < -0.4 is 19.6 Å². The Kier molecular flexibility index (Phi) is 6.17. The number of aromatic nitrogens is 1. The number of benzene rings is 1. The topological polar surface area (TPSA) is 63.8 Å². The Labute approximate surface area is 153 Å². The quantitative estimate of drug-likeness (QED) is 0.824. The minimum atomic E-state index is -0.0869. The summed E-state index contributed by atoms with van der Waals surface area (Å²) in [5, 5.41) is 0. The van der Waals surface area contributed by atoms with Crippen LogP contribution in [0.4, 0.5) is 0 Å². The van der Waals surface area contributed by atoms with Crippen molar-refractivity contribution in [3.8, 4) is 17.2 Å². The first-order valence-corrected chi connectivity index (χ1v) is 8.92. The Bertz CT molecular complexity index is 774. The highest BCUT2D eigenvalue weighted by atomic mass is 16.5. The number of nitrogens with one attached hydrogen (secondary N) is 1. The van der Waals surface area contributed by atoms with Crippen molar-refractivity contribution >= 4 is 0 Å².